The maximum atomic E-state index is 12.7. The highest BCUT2D eigenvalue weighted by Crippen LogP contribution is 2.33. The number of benzene rings is 1. The van der Waals surface area contributed by atoms with E-state index in [0.717, 1.165) is 12.1 Å². The molecule has 72 valence electrons. The van der Waals surface area contributed by atoms with Gasteiger partial charge in [-0.3, -0.25) is 0 Å². The molecule has 2 N–H and O–H groups in total. The van der Waals surface area contributed by atoms with Crippen molar-refractivity contribution in [2.45, 2.75) is 13.0 Å². The topological polar surface area (TPSA) is 49.7 Å². The highest BCUT2D eigenvalue weighted by molar-refractivity contribution is 5.45. The number of methoxy groups -OCH3 is 1. The molecule has 1 unspecified atom stereocenters. The van der Waals surface area contributed by atoms with Gasteiger partial charge in [0.05, 0.1) is 18.8 Å². The van der Waals surface area contributed by atoms with Crippen LogP contribution in [0.1, 0.15) is 18.6 Å². The molecule has 0 aliphatic heterocycles. The van der Waals surface area contributed by atoms with Gasteiger partial charge in [-0.2, -0.15) is 0 Å². The van der Waals surface area contributed by atoms with Crippen molar-refractivity contribution < 1.29 is 19.3 Å². The first-order chi connectivity index (χ1) is 6.06. The molecular weight excluding hydrogens is 175 g/mol. The van der Waals surface area contributed by atoms with E-state index in [1.54, 1.807) is 0 Å². The molecule has 1 aromatic carbocycles. The lowest BCUT2D eigenvalue weighted by molar-refractivity contribution is 0.189. The molecule has 0 saturated carbocycles. The summed E-state index contributed by atoms with van der Waals surface area (Å²) in [5, 5.41) is 18.5. The van der Waals surface area contributed by atoms with E-state index in [-0.39, 0.29) is 17.1 Å². The summed E-state index contributed by atoms with van der Waals surface area (Å²) in [5.41, 5.74) is 0.198. The van der Waals surface area contributed by atoms with Crippen LogP contribution in [0.2, 0.25) is 0 Å². The van der Waals surface area contributed by atoms with Crippen LogP contribution < -0.4 is 4.74 Å². The van der Waals surface area contributed by atoms with Gasteiger partial charge in [0.25, 0.3) is 0 Å². The maximum absolute atomic E-state index is 12.7. The normalized spacial score (nSPS) is 12.6. The predicted octanol–water partition coefficient (Wildman–Crippen LogP) is 1.59. The van der Waals surface area contributed by atoms with Gasteiger partial charge in [0, 0.05) is 12.1 Å². The Morgan fingerprint density at radius 1 is 1.46 bits per heavy atom. The van der Waals surface area contributed by atoms with Crippen molar-refractivity contribution in [2.75, 3.05) is 7.11 Å². The summed E-state index contributed by atoms with van der Waals surface area (Å²) in [6, 6.07) is 2.05. The van der Waals surface area contributed by atoms with Gasteiger partial charge < -0.3 is 14.9 Å². The fourth-order valence-corrected chi connectivity index (χ4v) is 1.17. The fraction of sp³-hybridized carbons (Fsp3) is 0.333. The molecular formula is C9H11FO3. The fourth-order valence-electron chi connectivity index (χ4n) is 1.17. The molecule has 0 aliphatic rings. The van der Waals surface area contributed by atoms with Crippen LogP contribution in [0.3, 0.4) is 0 Å². The first kappa shape index (κ1) is 9.80. The molecule has 0 amide bonds. The Labute approximate surface area is 75.4 Å². The number of phenolic OH excluding ortho intramolecular Hbond substituents is 1. The van der Waals surface area contributed by atoms with Gasteiger partial charge in [0.2, 0.25) is 0 Å². The second kappa shape index (κ2) is 3.62. The quantitative estimate of drug-likeness (QED) is 0.737. The van der Waals surface area contributed by atoms with Gasteiger partial charge in [-0.25, -0.2) is 4.39 Å². The van der Waals surface area contributed by atoms with Crippen molar-refractivity contribution in [1.82, 2.24) is 0 Å². The zero-order chi connectivity index (χ0) is 10.0. The molecule has 0 radical (unpaired) electrons. The Balaban J connectivity index is 3.30. The second-order valence-corrected chi connectivity index (χ2v) is 2.72. The molecule has 0 heterocycles. The van der Waals surface area contributed by atoms with E-state index in [2.05, 4.69) is 0 Å². The van der Waals surface area contributed by atoms with Crippen LogP contribution in [0.25, 0.3) is 0 Å². The highest BCUT2D eigenvalue weighted by Gasteiger charge is 2.15. The average molecular weight is 186 g/mol. The van der Waals surface area contributed by atoms with E-state index in [0.29, 0.717) is 0 Å². The smallest absolute Gasteiger partial charge is 0.131 e. The Morgan fingerprint density at radius 2 is 2.08 bits per heavy atom. The number of rotatable bonds is 2. The summed E-state index contributed by atoms with van der Waals surface area (Å²) >= 11 is 0. The third-order valence-corrected chi connectivity index (χ3v) is 1.72. The Bertz CT molecular complexity index is 310. The molecule has 3 nitrogen and oxygen atoms in total. The number of phenols is 1. The molecule has 0 bridgehead atoms. The summed E-state index contributed by atoms with van der Waals surface area (Å²) in [5.74, 6) is -0.752. The molecule has 0 aromatic heterocycles. The van der Waals surface area contributed by atoms with Crippen molar-refractivity contribution in [2.24, 2.45) is 0 Å². The van der Waals surface area contributed by atoms with Gasteiger partial charge in [0.15, 0.2) is 0 Å². The van der Waals surface area contributed by atoms with E-state index in [4.69, 9.17) is 4.74 Å². The molecule has 1 atom stereocenters. The lowest BCUT2D eigenvalue weighted by Gasteiger charge is -2.12. The van der Waals surface area contributed by atoms with Gasteiger partial charge >= 0.3 is 0 Å². The van der Waals surface area contributed by atoms with Gasteiger partial charge in [-0.1, -0.05) is 0 Å². The summed E-state index contributed by atoms with van der Waals surface area (Å²) in [4.78, 5) is 0. The Kier molecular flexibility index (Phi) is 2.72. The van der Waals surface area contributed by atoms with E-state index >= 15 is 0 Å². The Morgan fingerprint density at radius 3 is 2.54 bits per heavy atom. The van der Waals surface area contributed by atoms with Crippen LogP contribution in [-0.4, -0.2) is 17.3 Å². The van der Waals surface area contributed by atoms with Crippen LogP contribution in [0.15, 0.2) is 12.1 Å². The Hall–Kier alpha value is -1.29. The zero-order valence-electron chi connectivity index (χ0n) is 7.41. The van der Waals surface area contributed by atoms with Crippen LogP contribution >= 0.6 is 0 Å². The van der Waals surface area contributed by atoms with Crippen molar-refractivity contribution in [3.63, 3.8) is 0 Å². The number of halogens is 1. The third kappa shape index (κ3) is 1.89. The van der Waals surface area contributed by atoms with Crippen molar-refractivity contribution in [3.8, 4) is 11.5 Å². The number of aliphatic hydroxyl groups excluding tert-OH is 1. The highest BCUT2D eigenvalue weighted by atomic mass is 19.1. The van der Waals surface area contributed by atoms with Crippen LogP contribution in [0.4, 0.5) is 4.39 Å². The first-order valence-electron chi connectivity index (χ1n) is 3.80. The number of hydrogen-bond donors (Lipinski definition) is 2. The number of hydrogen-bond acceptors (Lipinski definition) is 3. The van der Waals surface area contributed by atoms with Crippen molar-refractivity contribution in [3.05, 3.63) is 23.5 Å². The molecule has 0 aliphatic carbocycles. The predicted molar refractivity (Wildman–Crippen MR) is 45.3 cm³/mol. The molecule has 4 heteroatoms. The van der Waals surface area contributed by atoms with Crippen LogP contribution in [-0.2, 0) is 0 Å². The summed E-state index contributed by atoms with van der Waals surface area (Å²) in [6.07, 6.45) is -0.893. The maximum Gasteiger partial charge on any atom is 0.131 e. The standard InChI is InChI=1S/C9H11FO3/c1-5(11)9-7(12)3-6(10)4-8(9)13-2/h3-5,11-12H,1-2H3. The zero-order valence-corrected chi connectivity index (χ0v) is 7.41. The molecule has 1 rings (SSSR count). The largest absolute Gasteiger partial charge is 0.507 e. The van der Waals surface area contributed by atoms with Gasteiger partial charge in [-0.05, 0) is 6.92 Å². The van der Waals surface area contributed by atoms with Crippen LogP contribution in [0.5, 0.6) is 11.5 Å². The number of aromatic hydroxyl groups is 1. The number of aliphatic hydroxyl groups is 1. The molecule has 0 fully saturated rings. The minimum absolute atomic E-state index is 0.146. The molecule has 0 saturated heterocycles. The lowest BCUT2D eigenvalue weighted by atomic mass is 10.1. The summed E-state index contributed by atoms with van der Waals surface area (Å²) < 4.78 is 17.5. The summed E-state index contributed by atoms with van der Waals surface area (Å²) in [7, 11) is 1.35. The minimum atomic E-state index is -0.893. The van der Waals surface area contributed by atoms with Gasteiger partial charge in [-0.15, -0.1) is 0 Å². The number of ether oxygens (including phenoxy) is 1. The first-order valence-corrected chi connectivity index (χ1v) is 3.80. The van der Waals surface area contributed by atoms with E-state index in [1.807, 2.05) is 0 Å². The minimum Gasteiger partial charge on any atom is -0.507 e. The van der Waals surface area contributed by atoms with E-state index in [9.17, 15) is 14.6 Å². The second-order valence-electron chi connectivity index (χ2n) is 2.72. The molecule has 1 aromatic rings. The van der Waals surface area contributed by atoms with Crippen molar-refractivity contribution >= 4 is 0 Å². The SMILES string of the molecule is COc1cc(F)cc(O)c1C(C)O. The monoisotopic (exact) mass is 186 g/mol. The van der Waals surface area contributed by atoms with Gasteiger partial charge in [0.1, 0.15) is 17.3 Å². The van der Waals surface area contributed by atoms with Crippen molar-refractivity contribution in [1.29, 1.82) is 0 Å². The van der Waals surface area contributed by atoms with E-state index < -0.39 is 11.9 Å². The van der Waals surface area contributed by atoms with E-state index in [1.165, 1.54) is 14.0 Å². The summed E-state index contributed by atoms with van der Waals surface area (Å²) in [6.45, 7) is 1.47. The van der Waals surface area contributed by atoms with Crippen LogP contribution in [0, 0.1) is 5.82 Å². The average Bonchev–Trinajstić information content (AvgIpc) is 2.01. The molecule has 13 heavy (non-hydrogen) atoms. The lowest BCUT2D eigenvalue weighted by Crippen LogP contribution is -1.97. The third-order valence-electron chi connectivity index (χ3n) is 1.72. The molecule has 0 spiro atoms.